The van der Waals surface area contributed by atoms with Gasteiger partial charge in [-0.3, -0.25) is 4.79 Å². The third-order valence-electron chi connectivity index (χ3n) is 4.22. The van der Waals surface area contributed by atoms with Crippen LogP contribution in [0.1, 0.15) is 21.5 Å². The molecule has 0 radical (unpaired) electrons. The normalized spacial score (nSPS) is 11.2. The summed E-state index contributed by atoms with van der Waals surface area (Å²) in [7, 11) is -3.91. The summed E-state index contributed by atoms with van der Waals surface area (Å²) in [6, 6.07) is 23.5. The molecule has 2 N–H and O–H groups in total. The van der Waals surface area contributed by atoms with Crippen molar-refractivity contribution >= 4 is 31.9 Å². The third-order valence-corrected chi connectivity index (χ3v) is 5.82. The summed E-state index contributed by atoms with van der Waals surface area (Å²) in [5.41, 5.74) is 2.20. The molecule has 0 saturated heterocycles. The van der Waals surface area contributed by atoms with E-state index in [1.54, 1.807) is 4.90 Å². The smallest absolute Gasteiger partial charge is 0.255 e. The molecule has 3 aromatic carbocycles. The summed E-state index contributed by atoms with van der Waals surface area (Å²) in [5, 5.41) is 5.23. The average molecular weight is 459 g/mol. The molecule has 0 unspecified atom stereocenters. The molecule has 144 valence electrons. The first-order chi connectivity index (χ1) is 13.3. The second-order valence-electron chi connectivity index (χ2n) is 6.32. The van der Waals surface area contributed by atoms with Crippen molar-refractivity contribution in [2.45, 2.75) is 18.0 Å². The second-order valence-corrected chi connectivity index (χ2v) is 8.73. The summed E-state index contributed by atoms with van der Waals surface area (Å²) >= 11 is 3.35. The molecule has 1 amide bonds. The van der Waals surface area contributed by atoms with E-state index in [4.69, 9.17) is 5.14 Å². The lowest BCUT2D eigenvalue weighted by molar-refractivity contribution is 0.0729. The van der Waals surface area contributed by atoms with Gasteiger partial charge in [0.1, 0.15) is 0 Å². The van der Waals surface area contributed by atoms with Crippen molar-refractivity contribution in [2.24, 2.45) is 5.14 Å². The SMILES string of the molecule is NS(=O)(=O)c1ccc(Br)c(C(=O)N(Cc2ccccc2)Cc2ccccc2)c1. The van der Waals surface area contributed by atoms with Gasteiger partial charge in [0.2, 0.25) is 10.0 Å². The monoisotopic (exact) mass is 458 g/mol. The number of halogens is 1. The molecular weight excluding hydrogens is 440 g/mol. The van der Waals surface area contributed by atoms with Gasteiger partial charge < -0.3 is 4.90 Å². The molecule has 0 atom stereocenters. The molecule has 0 fully saturated rings. The van der Waals surface area contributed by atoms with Crippen LogP contribution in [0.2, 0.25) is 0 Å². The van der Waals surface area contributed by atoms with E-state index < -0.39 is 10.0 Å². The molecule has 3 aromatic rings. The summed E-state index contributed by atoms with van der Waals surface area (Å²) in [4.78, 5) is 14.9. The van der Waals surface area contributed by atoms with Gasteiger partial charge in [-0.25, -0.2) is 13.6 Å². The van der Waals surface area contributed by atoms with Crippen LogP contribution >= 0.6 is 15.9 Å². The molecule has 0 bridgehead atoms. The highest BCUT2D eigenvalue weighted by Gasteiger charge is 2.21. The summed E-state index contributed by atoms with van der Waals surface area (Å²) < 4.78 is 23.9. The van der Waals surface area contributed by atoms with Crippen molar-refractivity contribution in [2.75, 3.05) is 0 Å². The molecule has 0 heterocycles. The van der Waals surface area contributed by atoms with Crippen molar-refractivity contribution in [1.82, 2.24) is 4.90 Å². The van der Waals surface area contributed by atoms with Gasteiger partial charge in [-0.15, -0.1) is 0 Å². The zero-order chi connectivity index (χ0) is 20.1. The number of sulfonamides is 1. The van der Waals surface area contributed by atoms with Crippen LogP contribution in [-0.2, 0) is 23.1 Å². The zero-order valence-electron chi connectivity index (χ0n) is 15.0. The number of nitrogens with zero attached hydrogens (tertiary/aromatic N) is 1. The van der Waals surface area contributed by atoms with E-state index in [1.807, 2.05) is 60.7 Å². The van der Waals surface area contributed by atoms with E-state index in [0.29, 0.717) is 17.6 Å². The van der Waals surface area contributed by atoms with Crippen LogP contribution < -0.4 is 5.14 Å². The minimum atomic E-state index is -3.91. The predicted molar refractivity (Wildman–Crippen MR) is 112 cm³/mol. The Labute approximate surface area is 173 Å². The number of carbonyl (C=O) groups is 1. The standard InChI is InChI=1S/C21H19BrN2O3S/c22-20-12-11-18(28(23,26)27)13-19(20)21(25)24(14-16-7-3-1-4-8-16)15-17-9-5-2-6-10-17/h1-13H,14-15H2,(H2,23,26,27). The highest BCUT2D eigenvalue weighted by atomic mass is 79.9. The van der Waals surface area contributed by atoms with Crippen molar-refractivity contribution in [3.8, 4) is 0 Å². The largest absolute Gasteiger partial charge is 0.330 e. The van der Waals surface area contributed by atoms with Crippen molar-refractivity contribution in [1.29, 1.82) is 0 Å². The molecule has 28 heavy (non-hydrogen) atoms. The number of amides is 1. The van der Waals surface area contributed by atoms with E-state index in [-0.39, 0.29) is 16.4 Å². The lowest BCUT2D eigenvalue weighted by Crippen LogP contribution is -2.30. The number of primary sulfonamides is 1. The summed E-state index contributed by atoms with van der Waals surface area (Å²) in [6.45, 7) is 0.779. The van der Waals surface area contributed by atoms with E-state index >= 15 is 0 Å². The van der Waals surface area contributed by atoms with Crippen molar-refractivity contribution < 1.29 is 13.2 Å². The minimum absolute atomic E-state index is 0.0987. The third kappa shape index (κ3) is 5.07. The van der Waals surface area contributed by atoms with E-state index in [2.05, 4.69) is 15.9 Å². The second kappa shape index (κ2) is 8.68. The summed E-state index contributed by atoms with van der Waals surface area (Å²) in [6.07, 6.45) is 0. The molecule has 5 nitrogen and oxygen atoms in total. The maximum atomic E-state index is 13.3. The Kier molecular flexibility index (Phi) is 6.28. The van der Waals surface area contributed by atoms with Crippen LogP contribution in [0, 0.1) is 0 Å². The maximum Gasteiger partial charge on any atom is 0.255 e. The van der Waals surface area contributed by atoms with E-state index in [1.165, 1.54) is 18.2 Å². The molecule has 3 rings (SSSR count). The average Bonchev–Trinajstić information content (AvgIpc) is 2.68. The highest BCUT2D eigenvalue weighted by Crippen LogP contribution is 2.24. The fraction of sp³-hybridized carbons (Fsp3) is 0.0952. The van der Waals surface area contributed by atoms with E-state index in [0.717, 1.165) is 11.1 Å². The summed E-state index contributed by atoms with van der Waals surface area (Å²) in [5.74, 6) is -0.287. The van der Waals surface area contributed by atoms with Gasteiger partial charge in [0.25, 0.3) is 5.91 Å². The molecule has 0 aliphatic carbocycles. The van der Waals surface area contributed by atoms with Gasteiger partial charge in [0.15, 0.2) is 0 Å². The topological polar surface area (TPSA) is 80.5 Å². The van der Waals surface area contributed by atoms with Crippen LogP contribution in [0.4, 0.5) is 0 Å². The van der Waals surface area contributed by atoms with Gasteiger partial charge in [-0.05, 0) is 45.3 Å². The van der Waals surface area contributed by atoms with Crippen LogP contribution in [0.5, 0.6) is 0 Å². The Balaban J connectivity index is 1.98. The minimum Gasteiger partial charge on any atom is -0.330 e. The molecule has 0 spiro atoms. The van der Waals surface area contributed by atoms with Gasteiger partial charge in [-0.2, -0.15) is 0 Å². The quantitative estimate of drug-likeness (QED) is 0.607. The van der Waals surface area contributed by atoms with Gasteiger partial charge in [0, 0.05) is 17.6 Å². The lowest BCUT2D eigenvalue weighted by Gasteiger charge is -2.24. The first-order valence-corrected chi connectivity index (χ1v) is 10.9. The Morgan fingerprint density at radius 1 is 0.857 bits per heavy atom. The fourth-order valence-electron chi connectivity index (χ4n) is 2.82. The molecule has 7 heteroatoms. The first kappa shape index (κ1) is 20.3. The number of carbonyl (C=O) groups excluding carboxylic acids is 1. The van der Waals surface area contributed by atoms with Crippen molar-refractivity contribution in [3.63, 3.8) is 0 Å². The molecule has 0 aliphatic rings. The Morgan fingerprint density at radius 2 is 1.36 bits per heavy atom. The fourth-order valence-corrected chi connectivity index (χ4v) is 3.78. The number of hydrogen-bond donors (Lipinski definition) is 1. The van der Waals surface area contributed by atoms with Crippen LogP contribution in [0.15, 0.2) is 88.2 Å². The Morgan fingerprint density at radius 3 is 1.82 bits per heavy atom. The Hall–Kier alpha value is -2.48. The highest BCUT2D eigenvalue weighted by molar-refractivity contribution is 9.10. The molecular formula is C21H19BrN2O3S. The number of hydrogen-bond acceptors (Lipinski definition) is 3. The van der Waals surface area contributed by atoms with Crippen LogP contribution in [0.3, 0.4) is 0 Å². The predicted octanol–water partition coefficient (Wildman–Crippen LogP) is 3.94. The number of rotatable bonds is 6. The zero-order valence-corrected chi connectivity index (χ0v) is 17.4. The number of benzene rings is 3. The Bertz CT molecular complexity index is 1030. The van der Waals surface area contributed by atoms with Crippen LogP contribution in [-0.4, -0.2) is 19.2 Å². The maximum absolute atomic E-state index is 13.3. The number of nitrogens with two attached hydrogens (primary N) is 1. The molecule has 0 saturated carbocycles. The van der Waals surface area contributed by atoms with Crippen LogP contribution in [0.25, 0.3) is 0 Å². The van der Waals surface area contributed by atoms with Gasteiger partial charge in [-0.1, -0.05) is 60.7 Å². The molecule has 0 aromatic heterocycles. The lowest BCUT2D eigenvalue weighted by atomic mass is 10.1. The first-order valence-electron chi connectivity index (χ1n) is 8.54. The van der Waals surface area contributed by atoms with Gasteiger partial charge >= 0.3 is 0 Å². The van der Waals surface area contributed by atoms with Gasteiger partial charge in [0.05, 0.1) is 10.5 Å². The van der Waals surface area contributed by atoms with Crippen molar-refractivity contribution in [3.05, 3.63) is 100 Å². The molecule has 0 aliphatic heterocycles. The van der Waals surface area contributed by atoms with E-state index in [9.17, 15) is 13.2 Å².